The van der Waals surface area contributed by atoms with Crippen LogP contribution < -0.4 is 0 Å². The van der Waals surface area contributed by atoms with Crippen molar-refractivity contribution in [2.75, 3.05) is 13.2 Å². The number of unbranched alkanes of at least 4 members (excludes halogenated alkanes) is 3. The summed E-state index contributed by atoms with van der Waals surface area (Å²) in [7, 11) is 0. The van der Waals surface area contributed by atoms with E-state index in [4.69, 9.17) is 14.2 Å². The van der Waals surface area contributed by atoms with Gasteiger partial charge < -0.3 is 14.2 Å². The molecule has 0 radical (unpaired) electrons. The maximum atomic E-state index is 11.9. The molecule has 0 fully saturated rings. The van der Waals surface area contributed by atoms with Crippen LogP contribution in [-0.2, 0) is 23.8 Å². The van der Waals surface area contributed by atoms with E-state index in [0.29, 0.717) is 19.6 Å². The molecule has 126 valence electrons. The minimum Gasteiger partial charge on any atom is -0.449 e. The smallest absolute Gasteiger partial charge is 0.303 e. The molecule has 0 aliphatic heterocycles. The van der Waals surface area contributed by atoms with Crippen LogP contribution in [-0.4, -0.2) is 37.4 Å². The third-order valence-corrected chi connectivity index (χ3v) is 2.83. The lowest BCUT2D eigenvalue weighted by Gasteiger charge is -2.13. The number of carbonyl (C=O) groups excluding carboxylic acids is 2. The van der Waals surface area contributed by atoms with Gasteiger partial charge in [-0.05, 0) is 38.5 Å². The van der Waals surface area contributed by atoms with Crippen LogP contribution in [0.2, 0.25) is 0 Å². The van der Waals surface area contributed by atoms with Crippen LogP contribution in [0.4, 0.5) is 0 Å². The van der Waals surface area contributed by atoms with Gasteiger partial charge in [-0.25, -0.2) is 0 Å². The summed E-state index contributed by atoms with van der Waals surface area (Å²) in [4.78, 5) is 23.0. The van der Waals surface area contributed by atoms with Crippen molar-refractivity contribution in [2.24, 2.45) is 0 Å². The van der Waals surface area contributed by atoms with E-state index in [0.717, 1.165) is 25.7 Å². The minimum absolute atomic E-state index is 0.364. The van der Waals surface area contributed by atoms with E-state index in [1.807, 2.05) is 0 Å². The predicted octanol–water partition coefficient (Wildman–Crippen LogP) is 2.86. The summed E-state index contributed by atoms with van der Waals surface area (Å²) >= 11 is 0. The first kappa shape index (κ1) is 20.6. The Bertz CT molecular complexity index is 374. The van der Waals surface area contributed by atoms with E-state index >= 15 is 0 Å². The molecule has 0 saturated heterocycles. The number of ketones is 1. The first-order chi connectivity index (χ1) is 10.5. The van der Waals surface area contributed by atoms with E-state index in [2.05, 4.69) is 18.8 Å². The van der Waals surface area contributed by atoms with E-state index in [1.165, 1.54) is 6.92 Å². The second-order valence-corrected chi connectivity index (χ2v) is 4.82. The van der Waals surface area contributed by atoms with E-state index in [9.17, 15) is 9.59 Å². The van der Waals surface area contributed by atoms with Crippen molar-refractivity contribution in [1.82, 2.24) is 0 Å². The summed E-state index contributed by atoms with van der Waals surface area (Å²) in [6.07, 6.45) is 3.35. The lowest BCUT2D eigenvalue weighted by molar-refractivity contribution is -0.162. The topological polar surface area (TPSA) is 61.8 Å². The van der Waals surface area contributed by atoms with E-state index in [-0.39, 0.29) is 0 Å². The summed E-state index contributed by atoms with van der Waals surface area (Å²) in [6.45, 7) is 7.75. The molecule has 5 heteroatoms. The standard InChI is InChI=1S/C17H28O5/c1-5-8-9-10-11-15(22-14(4)18)12-13-16(19)17(20-6-2)21-7-3/h15,17H,5-11H2,1-4H3. The van der Waals surface area contributed by atoms with Crippen molar-refractivity contribution in [3.8, 4) is 11.8 Å². The van der Waals surface area contributed by atoms with Crippen molar-refractivity contribution in [3.63, 3.8) is 0 Å². The fourth-order valence-electron chi connectivity index (χ4n) is 1.83. The summed E-state index contributed by atoms with van der Waals surface area (Å²) in [5, 5.41) is 0. The van der Waals surface area contributed by atoms with Gasteiger partial charge in [0.25, 0.3) is 5.78 Å². The van der Waals surface area contributed by atoms with Gasteiger partial charge >= 0.3 is 5.97 Å². The number of Topliss-reactive ketones (excluding diaryl/α,β-unsaturated/α-hetero) is 1. The Morgan fingerprint density at radius 1 is 1.00 bits per heavy atom. The molecule has 0 aromatic carbocycles. The molecule has 22 heavy (non-hydrogen) atoms. The van der Waals surface area contributed by atoms with Gasteiger partial charge in [-0.3, -0.25) is 9.59 Å². The zero-order valence-electron chi connectivity index (χ0n) is 14.1. The van der Waals surface area contributed by atoms with Gasteiger partial charge in [0.05, 0.1) is 0 Å². The van der Waals surface area contributed by atoms with Gasteiger partial charge in [-0.15, -0.1) is 0 Å². The number of esters is 1. The van der Waals surface area contributed by atoms with Gasteiger partial charge in [0, 0.05) is 20.1 Å². The van der Waals surface area contributed by atoms with Crippen molar-refractivity contribution in [2.45, 2.75) is 72.2 Å². The van der Waals surface area contributed by atoms with Crippen molar-refractivity contribution in [3.05, 3.63) is 0 Å². The number of rotatable bonds is 11. The summed E-state index contributed by atoms with van der Waals surface area (Å²) in [5.41, 5.74) is 0. The second kappa shape index (κ2) is 13.3. The van der Waals surface area contributed by atoms with Gasteiger partial charge in [0.1, 0.15) is 0 Å². The van der Waals surface area contributed by atoms with Crippen LogP contribution in [0.3, 0.4) is 0 Å². The average Bonchev–Trinajstić information content (AvgIpc) is 2.47. The molecule has 1 atom stereocenters. The Morgan fingerprint density at radius 2 is 1.64 bits per heavy atom. The lowest BCUT2D eigenvalue weighted by Crippen LogP contribution is -2.27. The molecule has 0 aromatic heterocycles. The Morgan fingerprint density at radius 3 is 2.14 bits per heavy atom. The Balaban J connectivity index is 4.61. The lowest BCUT2D eigenvalue weighted by atomic mass is 10.1. The van der Waals surface area contributed by atoms with Crippen LogP contribution in [0.25, 0.3) is 0 Å². The van der Waals surface area contributed by atoms with Crippen LogP contribution in [0, 0.1) is 11.8 Å². The highest BCUT2D eigenvalue weighted by molar-refractivity contribution is 5.98. The maximum absolute atomic E-state index is 11.9. The Labute approximate surface area is 133 Å². The molecule has 0 heterocycles. The zero-order chi connectivity index (χ0) is 16.8. The minimum atomic E-state index is -0.972. The first-order valence-corrected chi connectivity index (χ1v) is 8.00. The van der Waals surface area contributed by atoms with Crippen molar-refractivity contribution in [1.29, 1.82) is 0 Å². The number of carbonyl (C=O) groups is 2. The Kier molecular flexibility index (Phi) is 12.5. The van der Waals surface area contributed by atoms with Gasteiger partial charge in [-0.1, -0.05) is 26.2 Å². The van der Waals surface area contributed by atoms with Gasteiger partial charge in [0.15, 0.2) is 6.10 Å². The summed E-state index contributed by atoms with van der Waals surface area (Å²) < 4.78 is 15.5. The van der Waals surface area contributed by atoms with Crippen molar-refractivity contribution >= 4 is 11.8 Å². The first-order valence-electron chi connectivity index (χ1n) is 8.00. The normalized spacial score (nSPS) is 11.7. The highest BCUT2D eigenvalue weighted by Gasteiger charge is 2.17. The van der Waals surface area contributed by atoms with E-state index in [1.54, 1.807) is 13.8 Å². The number of hydrogen-bond donors (Lipinski definition) is 0. The van der Waals surface area contributed by atoms with E-state index < -0.39 is 24.1 Å². The summed E-state index contributed by atoms with van der Waals surface area (Å²) in [6, 6.07) is 0. The number of hydrogen-bond acceptors (Lipinski definition) is 5. The molecule has 0 aromatic rings. The molecule has 0 bridgehead atoms. The quantitative estimate of drug-likeness (QED) is 0.193. The highest BCUT2D eigenvalue weighted by Crippen LogP contribution is 2.08. The monoisotopic (exact) mass is 312 g/mol. The molecule has 0 spiro atoms. The number of ether oxygens (including phenoxy) is 3. The maximum Gasteiger partial charge on any atom is 0.303 e. The molecular formula is C17H28O5. The van der Waals surface area contributed by atoms with Crippen LogP contribution >= 0.6 is 0 Å². The van der Waals surface area contributed by atoms with Crippen LogP contribution in [0.15, 0.2) is 0 Å². The molecule has 0 aliphatic rings. The van der Waals surface area contributed by atoms with Crippen molar-refractivity contribution < 1.29 is 23.8 Å². The molecule has 0 saturated carbocycles. The molecule has 0 N–H and O–H groups in total. The molecule has 5 nitrogen and oxygen atoms in total. The summed E-state index contributed by atoms with van der Waals surface area (Å²) in [5.74, 6) is 4.36. The van der Waals surface area contributed by atoms with Gasteiger partial charge in [0.2, 0.25) is 6.29 Å². The second-order valence-electron chi connectivity index (χ2n) is 4.82. The predicted molar refractivity (Wildman–Crippen MR) is 84.1 cm³/mol. The molecule has 1 unspecified atom stereocenters. The molecule has 0 aliphatic carbocycles. The third kappa shape index (κ3) is 10.4. The zero-order valence-corrected chi connectivity index (χ0v) is 14.1. The fraction of sp³-hybridized carbons (Fsp3) is 0.765. The average molecular weight is 312 g/mol. The van der Waals surface area contributed by atoms with Crippen LogP contribution in [0.5, 0.6) is 0 Å². The fourth-order valence-corrected chi connectivity index (χ4v) is 1.83. The molecular weight excluding hydrogens is 284 g/mol. The van der Waals surface area contributed by atoms with Gasteiger partial charge in [-0.2, -0.15) is 0 Å². The third-order valence-electron chi connectivity index (χ3n) is 2.83. The Hall–Kier alpha value is -1.38. The molecule has 0 amide bonds. The SMILES string of the molecule is CCCCCCC(C#CC(=O)C(OCC)OCC)OC(C)=O. The molecule has 0 rings (SSSR count). The highest BCUT2D eigenvalue weighted by atomic mass is 16.7. The largest absolute Gasteiger partial charge is 0.449 e. The van der Waals surface area contributed by atoms with Crippen LogP contribution in [0.1, 0.15) is 59.8 Å².